The van der Waals surface area contributed by atoms with E-state index >= 15 is 0 Å². The van der Waals surface area contributed by atoms with E-state index in [0.29, 0.717) is 23.1 Å². The minimum Gasteiger partial charge on any atom is -0.480 e. The molecule has 1 N–H and O–H groups in total. The molecule has 5 heteroatoms. The van der Waals surface area contributed by atoms with Crippen LogP contribution in [0.4, 0.5) is 0 Å². The summed E-state index contributed by atoms with van der Waals surface area (Å²) in [6.07, 6.45) is 5.38. The molecular formula is C15H25N3O2. The van der Waals surface area contributed by atoms with E-state index in [4.69, 9.17) is 9.47 Å². The fourth-order valence-electron chi connectivity index (χ4n) is 3.33. The van der Waals surface area contributed by atoms with Crippen LogP contribution < -0.4 is 14.8 Å². The maximum atomic E-state index is 5.40. The second-order valence-electron chi connectivity index (χ2n) is 6.06. The summed E-state index contributed by atoms with van der Waals surface area (Å²) in [4.78, 5) is 8.88. The van der Waals surface area contributed by atoms with Crippen molar-refractivity contribution in [3.8, 4) is 11.8 Å². The van der Waals surface area contributed by atoms with E-state index in [9.17, 15) is 0 Å². The molecule has 5 nitrogen and oxygen atoms in total. The second kappa shape index (κ2) is 5.95. The Hall–Kier alpha value is -1.36. The van der Waals surface area contributed by atoms with Crippen LogP contribution in [0.25, 0.3) is 0 Å². The highest BCUT2D eigenvalue weighted by Gasteiger charge is 2.41. The summed E-state index contributed by atoms with van der Waals surface area (Å²) in [5, 5.41) is 3.40. The number of ether oxygens (including phenoxy) is 2. The summed E-state index contributed by atoms with van der Waals surface area (Å²) in [5.41, 5.74) is 1.18. The van der Waals surface area contributed by atoms with E-state index in [1.165, 1.54) is 19.3 Å². The van der Waals surface area contributed by atoms with Crippen LogP contribution in [0.15, 0.2) is 6.20 Å². The zero-order valence-electron chi connectivity index (χ0n) is 13.1. The molecule has 1 fully saturated rings. The monoisotopic (exact) mass is 279 g/mol. The van der Waals surface area contributed by atoms with Gasteiger partial charge in [0.25, 0.3) is 0 Å². The minimum atomic E-state index is 0.154. The zero-order chi connectivity index (χ0) is 14.8. The highest BCUT2D eigenvalue weighted by molar-refractivity contribution is 5.27. The lowest BCUT2D eigenvalue weighted by Crippen LogP contribution is -2.33. The van der Waals surface area contributed by atoms with Crippen LogP contribution in [0.3, 0.4) is 0 Å². The molecule has 1 saturated carbocycles. The Morgan fingerprint density at radius 1 is 1.35 bits per heavy atom. The first-order chi connectivity index (χ1) is 9.53. The number of hydrogen-bond donors (Lipinski definition) is 1. The van der Waals surface area contributed by atoms with E-state index in [-0.39, 0.29) is 6.04 Å². The van der Waals surface area contributed by atoms with Crippen molar-refractivity contribution in [1.82, 2.24) is 15.3 Å². The van der Waals surface area contributed by atoms with Crippen molar-refractivity contribution in [3.05, 3.63) is 11.9 Å². The van der Waals surface area contributed by atoms with E-state index in [1.807, 2.05) is 7.05 Å². The van der Waals surface area contributed by atoms with Gasteiger partial charge in [0.05, 0.1) is 26.5 Å². The Balaban J connectivity index is 2.36. The summed E-state index contributed by atoms with van der Waals surface area (Å²) in [6, 6.07) is 0.154. The van der Waals surface area contributed by atoms with Crippen molar-refractivity contribution >= 4 is 0 Å². The van der Waals surface area contributed by atoms with Crippen molar-refractivity contribution in [2.75, 3.05) is 21.3 Å². The van der Waals surface area contributed by atoms with Gasteiger partial charge in [0.15, 0.2) is 0 Å². The van der Waals surface area contributed by atoms with Gasteiger partial charge in [0.2, 0.25) is 11.8 Å². The van der Waals surface area contributed by atoms with Crippen LogP contribution in [0, 0.1) is 11.3 Å². The standard InChI is InChI=1S/C15H25N3O2/c1-15(2)8-6-7-10(15)12(16-3)13-14(20-5)18-11(19-4)9-17-13/h9-10,12,16H,6-8H2,1-5H3. The zero-order valence-corrected chi connectivity index (χ0v) is 13.1. The molecule has 1 aliphatic rings. The molecule has 0 aliphatic heterocycles. The minimum absolute atomic E-state index is 0.154. The average Bonchev–Trinajstić information content (AvgIpc) is 2.80. The lowest BCUT2D eigenvalue weighted by atomic mass is 9.76. The van der Waals surface area contributed by atoms with E-state index in [0.717, 1.165) is 5.69 Å². The van der Waals surface area contributed by atoms with Crippen LogP contribution in [-0.2, 0) is 0 Å². The lowest BCUT2D eigenvalue weighted by molar-refractivity contribution is 0.196. The quantitative estimate of drug-likeness (QED) is 0.897. The summed E-state index contributed by atoms with van der Waals surface area (Å²) >= 11 is 0. The predicted octanol–water partition coefficient (Wildman–Crippen LogP) is 2.58. The van der Waals surface area contributed by atoms with Crippen LogP contribution in [0.5, 0.6) is 11.8 Å². The molecule has 0 spiro atoms. The highest BCUT2D eigenvalue weighted by atomic mass is 16.5. The van der Waals surface area contributed by atoms with Gasteiger partial charge in [-0.3, -0.25) is 0 Å². The molecule has 2 unspecified atom stereocenters. The van der Waals surface area contributed by atoms with Gasteiger partial charge in [0, 0.05) is 0 Å². The van der Waals surface area contributed by atoms with Crippen LogP contribution in [0.1, 0.15) is 44.8 Å². The molecule has 0 aromatic carbocycles. The number of nitrogens with one attached hydrogen (secondary N) is 1. The molecule has 112 valence electrons. The summed E-state index contributed by atoms with van der Waals surface area (Å²) in [7, 11) is 5.18. The number of aromatic nitrogens is 2. The molecule has 0 saturated heterocycles. The SMILES string of the molecule is CNC(c1ncc(OC)nc1OC)C1CCCC1(C)C. The van der Waals surface area contributed by atoms with Gasteiger partial charge in [0.1, 0.15) is 5.69 Å². The van der Waals surface area contributed by atoms with Gasteiger partial charge in [-0.2, -0.15) is 4.98 Å². The third-order valence-electron chi connectivity index (χ3n) is 4.50. The average molecular weight is 279 g/mol. The number of hydrogen-bond acceptors (Lipinski definition) is 5. The maximum absolute atomic E-state index is 5.40. The third-order valence-corrected chi connectivity index (χ3v) is 4.50. The molecular weight excluding hydrogens is 254 g/mol. The van der Waals surface area contributed by atoms with Gasteiger partial charge in [-0.25, -0.2) is 4.98 Å². The topological polar surface area (TPSA) is 56.3 Å². The molecule has 1 heterocycles. The fourth-order valence-corrected chi connectivity index (χ4v) is 3.33. The first kappa shape index (κ1) is 15.0. The van der Waals surface area contributed by atoms with Crippen molar-refractivity contribution in [1.29, 1.82) is 0 Å². The Morgan fingerprint density at radius 3 is 2.60 bits per heavy atom. The van der Waals surface area contributed by atoms with Crippen LogP contribution in [-0.4, -0.2) is 31.2 Å². The molecule has 2 atom stereocenters. The Bertz CT molecular complexity index is 462. The van der Waals surface area contributed by atoms with E-state index < -0.39 is 0 Å². The molecule has 1 aliphatic carbocycles. The number of methoxy groups -OCH3 is 2. The van der Waals surface area contributed by atoms with Crippen LogP contribution >= 0.6 is 0 Å². The van der Waals surface area contributed by atoms with Gasteiger partial charge >= 0.3 is 0 Å². The first-order valence-corrected chi connectivity index (χ1v) is 7.15. The van der Waals surface area contributed by atoms with Gasteiger partial charge in [-0.05, 0) is 31.2 Å². The number of rotatable bonds is 5. The predicted molar refractivity (Wildman–Crippen MR) is 78.1 cm³/mol. The van der Waals surface area contributed by atoms with Crippen LogP contribution in [0.2, 0.25) is 0 Å². The third kappa shape index (κ3) is 2.73. The molecule has 20 heavy (non-hydrogen) atoms. The Kier molecular flexibility index (Phi) is 4.48. The van der Waals surface area contributed by atoms with Crippen molar-refractivity contribution in [2.24, 2.45) is 11.3 Å². The molecule has 1 aromatic rings. The van der Waals surface area contributed by atoms with Crippen molar-refractivity contribution < 1.29 is 9.47 Å². The molecule has 0 bridgehead atoms. The summed E-state index contributed by atoms with van der Waals surface area (Å²) in [6.45, 7) is 4.66. The van der Waals surface area contributed by atoms with Gasteiger partial charge in [-0.1, -0.05) is 20.3 Å². The Morgan fingerprint density at radius 2 is 2.10 bits per heavy atom. The molecule has 2 rings (SSSR count). The summed E-state index contributed by atoms with van der Waals surface area (Å²) in [5.74, 6) is 1.56. The highest BCUT2D eigenvalue weighted by Crippen LogP contribution is 2.49. The number of nitrogens with zero attached hydrogens (tertiary/aromatic N) is 2. The lowest BCUT2D eigenvalue weighted by Gasteiger charge is -2.34. The molecule has 0 amide bonds. The first-order valence-electron chi connectivity index (χ1n) is 7.15. The molecule has 0 radical (unpaired) electrons. The Labute approximate surface area is 121 Å². The maximum Gasteiger partial charge on any atom is 0.240 e. The second-order valence-corrected chi connectivity index (χ2v) is 6.06. The van der Waals surface area contributed by atoms with E-state index in [1.54, 1.807) is 20.4 Å². The van der Waals surface area contributed by atoms with Crippen molar-refractivity contribution in [2.45, 2.75) is 39.2 Å². The van der Waals surface area contributed by atoms with E-state index in [2.05, 4.69) is 29.1 Å². The van der Waals surface area contributed by atoms with Gasteiger partial charge < -0.3 is 14.8 Å². The van der Waals surface area contributed by atoms with Gasteiger partial charge in [-0.15, -0.1) is 0 Å². The van der Waals surface area contributed by atoms with Crippen molar-refractivity contribution in [3.63, 3.8) is 0 Å². The normalized spacial score (nSPS) is 22.6. The molecule has 1 aromatic heterocycles. The smallest absolute Gasteiger partial charge is 0.240 e. The fraction of sp³-hybridized carbons (Fsp3) is 0.733. The summed E-state index contributed by atoms with van der Waals surface area (Å²) < 4.78 is 10.5. The largest absolute Gasteiger partial charge is 0.480 e.